The van der Waals surface area contributed by atoms with E-state index in [-0.39, 0.29) is 10.7 Å². The van der Waals surface area contributed by atoms with Gasteiger partial charge in [-0.2, -0.15) is 0 Å². The SMILES string of the molecule is CCc1cccc2c(Cl)c([N+](=O)[O-])cnc12. The fourth-order valence-corrected chi connectivity index (χ4v) is 1.92. The number of benzene rings is 1. The summed E-state index contributed by atoms with van der Waals surface area (Å²) in [5.41, 5.74) is 1.62. The van der Waals surface area contributed by atoms with Crippen LogP contribution in [0.15, 0.2) is 24.4 Å². The van der Waals surface area contributed by atoms with E-state index in [9.17, 15) is 10.1 Å². The Morgan fingerprint density at radius 1 is 1.50 bits per heavy atom. The van der Waals surface area contributed by atoms with Crippen molar-refractivity contribution >= 4 is 28.2 Å². The van der Waals surface area contributed by atoms with E-state index in [0.29, 0.717) is 5.39 Å². The van der Waals surface area contributed by atoms with Crippen LogP contribution in [0.4, 0.5) is 5.69 Å². The van der Waals surface area contributed by atoms with Gasteiger partial charge in [0.05, 0.1) is 10.4 Å². The Bertz CT molecular complexity index is 569. The van der Waals surface area contributed by atoms with Gasteiger partial charge in [-0.15, -0.1) is 0 Å². The Hall–Kier alpha value is -1.68. The van der Waals surface area contributed by atoms with E-state index in [2.05, 4.69) is 4.98 Å². The normalized spacial score (nSPS) is 10.6. The zero-order chi connectivity index (χ0) is 11.7. The van der Waals surface area contributed by atoms with Gasteiger partial charge in [0.15, 0.2) is 0 Å². The molecule has 0 amide bonds. The van der Waals surface area contributed by atoms with Gasteiger partial charge in [-0.25, -0.2) is 4.98 Å². The average Bonchev–Trinajstić information content (AvgIpc) is 2.28. The van der Waals surface area contributed by atoms with Crippen LogP contribution in [-0.2, 0) is 6.42 Å². The molecule has 16 heavy (non-hydrogen) atoms. The topological polar surface area (TPSA) is 56.0 Å². The predicted octanol–water partition coefficient (Wildman–Crippen LogP) is 3.36. The van der Waals surface area contributed by atoms with Gasteiger partial charge in [0.1, 0.15) is 11.2 Å². The van der Waals surface area contributed by atoms with Crippen molar-refractivity contribution < 1.29 is 4.92 Å². The van der Waals surface area contributed by atoms with Crippen molar-refractivity contribution in [2.45, 2.75) is 13.3 Å². The number of para-hydroxylation sites is 1. The average molecular weight is 237 g/mol. The van der Waals surface area contributed by atoms with Crippen LogP contribution in [0.1, 0.15) is 12.5 Å². The van der Waals surface area contributed by atoms with Crippen LogP contribution < -0.4 is 0 Å². The number of nitrogens with zero attached hydrogens (tertiary/aromatic N) is 2. The molecule has 2 rings (SSSR count). The maximum Gasteiger partial charge on any atom is 0.306 e. The van der Waals surface area contributed by atoms with Crippen molar-refractivity contribution in [3.8, 4) is 0 Å². The first-order chi connectivity index (χ1) is 7.65. The molecule has 0 aliphatic heterocycles. The Kier molecular flexibility index (Phi) is 2.75. The molecule has 0 aliphatic carbocycles. The molecule has 0 saturated heterocycles. The van der Waals surface area contributed by atoms with Gasteiger partial charge in [-0.3, -0.25) is 10.1 Å². The Morgan fingerprint density at radius 3 is 2.88 bits per heavy atom. The monoisotopic (exact) mass is 236 g/mol. The molecule has 82 valence electrons. The maximum atomic E-state index is 10.7. The third-order valence-electron chi connectivity index (χ3n) is 2.47. The van der Waals surface area contributed by atoms with Crippen molar-refractivity contribution in [2.24, 2.45) is 0 Å². The number of aromatic nitrogens is 1. The van der Waals surface area contributed by atoms with Crippen molar-refractivity contribution in [2.75, 3.05) is 0 Å². The van der Waals surface area contributed by atoms with Crippen molar-refractivity contribution in [3.05, 3.63) is 45.1 Å². The molecule has 0 unspecified atom stereocenters. The van der Waals surface area contributed by atoms with Gasteiger partial charge in [0.25, 0.3) is 0 Å². The molecule has 0 spiro atoms. The van der Waals surface area contributed by atoms with Gasteiger partial charge >= 0.3 is 5.69 Å². The summed E-state index contributed by atoms with van der Waals surface area (Å²) in [6.45, 7) is 2.01. The van der Waals surface area contributed by atoms with Crippen molar-refractivity contribution in [1.29, 1.82) is 0 Å². The van der Waals surface area contributed by atoms with E-state index >= 15 is 0 Å². The van der Waals surface area contributed by atoms with Gasteiger partial charge in [-0.1, -0.05) is 36.7 Å². The van der Waals surface area contributed by atoms with Crippen LogP contribution in [0.25, 0.3) is 10.9 Å². The van der Waals surface area contributed by atoms with Gasteiger partial charge in [0.2, 0.25) is 0 Å². The van der Waals surface area contributed by atoms with E-state index in [1.54, 1.807) is 6.07 Å². The molecule has 0 N–H and O–H groups in total. The second-order valence-corrected chi connectivity index (χ2v) is 3.76. The van der Waals surface area contributed by atoms with E-state index in [1.165, 1.54) is 6.20 Å². The molecule has 1 aromatic carbocycles. The number of halogens is 1. The lowest BCUT2D eigenvalue weighted by atomic mass is 10.1. The third-order valence-corrected chi connectivity index (χ3v) is 2.87. The standard InChI is InChI=1S/C11H9ClN2O2/c1-2-7-4-3-5-8-10(12)9(14(15)16)6-13-11(7)8/h3-6H,2H2,1H3. The Morgan fingerprint density at radius 2 is 2.25 bits per heavy atom. The molecule has 0 fully saturated rings. The lowest BCUT2D eigenvalue weighted by Gasteiger charge is -2.04. The molecule has 0 bridgehead atoms. The van der Waals surface area contributed by atoms with Crippen LogP contribution in [0.5, 0.6) is 0 Å². The first kappa shape index (κ1) is 10.8. The summed E-state index contributed by atoms with van der Waals surface area (Å²) in [7, 11) is 0. The fraction of sp³-hybridized carbons (Fsp3) is 0.182. The van der Waals surface area contributed by atoms with Crippen molar-refractivity contribution in [1.82, 2.24) is 4.98 Å². The summed E-state index contributed by atoms with van der Waals surface area (Å²) in [4.78, 5) is 14.3. The van der Waals surface area contributed by atoms with Gasteiger partial charge < -0.3 is 0 Å². The van der Waals surface area contributed by atoms with Crippen molar-refractivity contribution in [3.63, 3.8) is 0 Å². The number of fused-ring (bicyclic) bond motifs is 1. The van der Waals surface area contributed by atoms with E-state index in [0.717, 1.165) is 17.5 Å². The van der Waals surface area contributed by atoms with Crippen LogP contribution in [0.3, 0.4) is 0 Å². The summed E-state index contributed by atoms with van der Waals surface area (Å²) in [5, 5.41) is 11.5. The van der Waals surface area contributed by atoms with Crippen LogP contribution in [-0.4, -0.2) is 9.91 Å². The van der Waals surface area contributed by atoms with Crippen LogP contribution in [0, 0.1) is 10.1 Å². The van der Waals surface area contributed by atoms with E-state index in [1.807, 2.05) is 19.1 Å². The molecule has 1 heterocycles. The molecule has 0 aliphatic rings. The summed E-state index contributed by atoms with van der Waals surface area (Å²) < 4.78 is 0. The first-order valence-corrected chi connectivity index (χ1v) is 5.23. The number of nitro groups is 1. The number of hydrogen-bond donors (Lipinski definition) is 0. The third kappa shape index (κ3) is 1.61. The van der Waals surface area contributed by atoms with E-state index in [4.69, 9.17) is 11.6 Å². The highest BCUT2D eigenvalue weighted by Gasteiger charge is 2.16. The fourth-order valence-electron chi connectivity index (χ4n) is 1.65. The Labute approximate surface area is 97.0 Å². The predicted molar refractivity (Wildman–Crippen MR) is 62.8 cm³/mol. The smallest absolute Gasteiger partial charge is 0.258 e. The van der Waals surface area contributed by atoms with Gasteiger partial charge in [0, 0.05) is 5.39 Å². The molecule has 0 radical (unpaired) electrons. The molecular weight excluding hydrogens is 228 g/mol. The number of pyridine rings is 1. The minimum atomic E-state index is -0.520. The van der Waals surface area contributed by atoms with Crippen LogP contribution in [0.2, 0.25) is 5.02 Å². The quantitative estimate of drug-likeness (QED) is 0.593. The molecule has 5 heteroatoms. The first-order valence-electron chi connectivity index (χ1n) is 4.85. The number of aryl methyl sites for hydroxylation is 1. The summed E-state index contributed by atoms with van der Waals surface area (Å²) >= 11 is 5.98. The number of hydrogen-bond acceptors (Lipinski definition) is 3. The highest BCUT2D eigenvalue weighted by atomic mass is 35.5. The number of rotatable bonds is 2. The maximum absolute atomic E-state index is 10.7. The van der Waals surface area contributed by atoms with E-state index < -0.39 is 4.92 Å². The zero-order valence-corrected chi connectivity index (χ0v) is 9.36. The highest BCUT2D eigenvalue weighted by molar-refractivity contribution is 6.37. The molecule has 0 saturated carbocycles. The van der Waals surface area contributed by atoms with Crippen LogP contribution >= 0.6 is 11.6 Å². The molecule has 1 aromatic heterocycles. The summed E-state index contributed by atoms with van der Waals surface area (Å²) in [5.74, 6) is 0. The second-order valence-electron chi connectivity index (χ2n) is 3.38. The Balaban J connectivity index is 2.81. The van der Waals surface area contributed by atoms with Gasteiger partial charge in [-0.05, 0) is 12.0 Å². The minimum absolute atomic E-state index is 0.151. The zero-order valence-electron chi connectivity index (χ0n) is 8.61. The molecule has 0 atom stereocenters. The summed E-state index contributed by atoms with van der Waals surface area (Å²) in [6.07, 6.45) is 2.03. The lowest BCUT2D eigenvalue weighted by molar-refractivity contribution is -0.384. The largest absolute Gasteiger partial charge is 0.306 e. The second kappa shape index (κ2) is 4.06. The minimum Gasteiger partial charge on any atom is -0.258 e. The highest BCUT2D eigenvalue weighted by Crippen LogP contribution is 2.32. The molecule has 4 nitrogen and oxygen atoms in total. The molecule has 2 aromatic rings. The molecular formula is C11H9ClN2O2. The lowest BCUT2D eigenvalue weighted by Crippen LogP contribution is -1.94. The summed E-state index contributed by atoms with van der Waals surface area (Å²) in [6, 6.07) is 5.52.